The van der Waals surface area contributed by atoms with Crippen LogP contribution in [0.2, 0.25) is 0 Å². The van der Waals surface area contributed by atoms with Crippen molar-refractivity contribution in [3.63, 3.8) is 0 Å². The van der Waals surface area contributed by atoms with E-state index in [-0.39, 0.29) is 0 Å². The molecule has 1 aliphatic carbocycles. The van der Waals surface area contributed by atoms with Crippen molar-refractivity contribution in [3.8, 4) is 0 Å². The number of rotatable bonds is 5. The van der Waals surface area contributed by atoms with Gasteiger partial charge in [0.2, 0.25) is 0 Å². The number of hydrogen-bond acceptors (Lipinski definition) is 2. The summed E-state index contributed by atoms with van der Waals surface area (Å²) in [5, 5.41) is 3.74. The van der Waals surface area contributed by atoms with Crippen LogP contribution in [0.5, 0.6) is 0 Å². The van der Waals surface area contributed by atoms with E-state index in [1.165, 1.54) is 23.3 Å². The average Bonchev–Trinajstić information content (AvgIpc) is 2.84. The van der Waals surface area contributed by atoms with E-state index < -0.39 is 0 Å². The molecule has 1 aromatic rings. The summed E-state index contributed by atoms with van der Waals surface area (Å²) in [5.74, 6) is 1.79. The van der Waals surface area contributed by atoms with Crippen LogP contribution in [0, 0.1) is 25.7 Å². The van der Waals surface area contributed by atoms with Gasteiger partial charge in [0.05, 0.1) is 0 Å². The normalized spacial score (nSPS) is 25.8. The van der Waals surface area contributed by atoms with Crippen LogP contribution >= 0.6 is 11.3 Å². The van der Waals surface area contributed by atoms with Crippen molar-refractivity contribution in [1.29, 1.82) is 0 Å². The molecule has 0 aromatic carbocycles. The molecule has 0 spiro atoms. The fourth-order valence-electron chi connectivity index (χ4n) is 2.52. The largest absolute Gasteiger partial charge is 0.309 e. The van der Waals surface area contributed by atoms with Crippen molar-refractivity contribution in [2.45, 2.75) is 46.6 Å². The van der Waals surface area contributed by atoms with E-state index in [1.807, 2.05) is 11.3 Å². The zero-order valence-electron chi connectivity index (χ0n) is 10.8. The number of hydrogen-bond donors (Lipinski definition) is 1. The van der Waals surface area contributed by atoms with Gasteiger partial charge in [-0.1, -0.05) is 13.8 Å². The summed E-state index contributed by atoms with van der Waals surface area (Å²) in [6.07, 6.45) is 2.62. The molecule has 0 radical (unpaired) electrons. The van der Waals surface area contributed by atoms with Crippen LogP contribution in [0.4, 0.5) is 0 Å². The van der Waals surface area contributed by atoms with Crippen molar-refractivity contribution in [3.05, 3.63) is 21.4 Å². The molecule has 1 nitrogen and oxygen atoms in total. The standard InChI is InChI=1S/C14H23NS/c1-5-6-15-13(12-8-9(12)2)14-10(3)7-11(4)16-14/h7,9,12-13,15H,5-6,8H2,1-4H3. The summed E-state index contributed by atoms with van der Waals surface area (Å²) < 4.78 is 0. The summed E-state index contributed by atoms with van der Waals surface area (Å²) >= 11 is 1.98. The molecule has 3 atom stereocenters. The first-order valence-electron chi connectivity index (χ1n) is 6.43. The first-order chi connectivity index (χ1) is 7.63. The Labute approximate surface area is 103 Å². The van der Waals surface area contributed by atoms with Gasteiger partial charge < -0.3 is 5.32 Å². The van der Waals surface area contributed by atoms with Gasteiger partial charge in [0, 0.05) is 15.8 Å². The van der Waals surface area contributed by atoms with Gasteiger partial charge in [-0.15, -0.1) is 11.3 Å². The number of nitrogens with one attached hydrogen (secondary N) is 1. The maximum absolute atomic E-state index is 3.74. The molecule has 16 heavy (non-hydrogen) atoms. The van der Waals surface area contributed by atoms with E-state index >= 15 is 0 Å². The topological polar surface area (TPSA) is 12.0 Å². The molecule has 1 fully saturated rings. The van der Waals surface area contributed by atoms with Crippen LogP contribution in [0.3, 0.4) is 0 Å². The highest BCUT2D eigenvalue weighted by molar-refractivity contribution is 7.12. The Morgan fingerprint density at radius 2 is 2.19 bits per heavy atom. The van der Waals surface area contributed by atoms with Crippen LogP contribution in [-0.4, -0.2) is 6.54 Å². The summed E-state index contributed by atoms with van der Waals surface area (Å²) in [6, 6.07) is 2.95. The van der Waals surface area contributed by atoms with Gasteiger partial charge in [-0.05, 0) is 56.7 Å². The second-order valence-electron chi connectivity index (χ2n) is 5.21. The van der Waals surface area contributed by atoms with Crippen LogP contribution < -0.4 is 5.32 Å². The summed E-state index contributed by atoms with van der Waals surface area (Å²) in [6.45, 7) is 10.2. The predicted molar refractivity (Wildman–Crippen MR) is 72.1 cm³/mol. The van der Waals surface area contributed by atoms with E-state index in [2.05, 4.69) is 39.1 Å². The van der Waals surface area contributed by atoms with Crippen LogP contribution in [0.1, 0.15) is 48.0 Å². The van der Waals surface area contributed by atoms with Crippen molar-refractivity contribution in [1.82, 2.24) is 5.32 Å². The molecule has 1 N–H and O–H groups in total. The van der Waals surface area contributed by atoms with E-state index in [1.54, 1.807) is 4.88 Å². The Hall–Kier alpha value is -0.340. The molecule has 1 saturated carbocycles. The first kappa shape index (κ1) is 12.1. The Morgan fingerprint density at radius 1 is 1.50 bits per heavy atom. The van der Waals surface area contributed by atoms with Gasteiger partial charge in [-0.25, -0.2) is 0 Å². The zero-order chi connectivity index (χ0) is 11.7. The first-order valence-corrected chi connectivity index (χ1v) is 7.25. The lowest BCUT2D eigenvalue weighted by Gasteiger charge is -2.18. The Balaban J connectivity index is 2.14. The van der Waals surface area contributed by atoms with E-state index in [4.69, 9.17) is 0 Å². The van der Waals surface area contributed by atoms with Crippen LogP contribution in [0.15, 0.2) is 6.07 Å². The molecule has 90 valence electrons. The van der Waals surface area contributed by atoms with Crippen LogP contribution in [-0.2, 0) is 0 Å². The molecule has 2 heteroatoms. The molecule has 3 unspecified atom stereocenters. The number of aryl methyl sites for hydroxylation is 2. The summed E-state index contributed by atoms with van der Waals surface area (Å²) in [7, 11) is 0. The Bertz CT molecular complexity index is 356. The van der Waals surface area contributed by atoms with Gasteiger partial charge in [0.25, 0.3) is 0 Å². The van der Waals surface area contributed by atoms with E-state index in [0.29, 0.717) is 6.04 Å². The molecule has 0 bridgehead atoms. The number of thiophene rings is 1. The molecule has 1 heterocycles. The van der Waals surface area contributed by atoms with Gasteiger partial charge in [0.1, 0.15) is 0 Å². The Morgan fingerprint density at radius 3 is 2.62 bits per heavy atom. The monoisotopic (exact) mass is 237 g/mol. The summed E-state index contributed by atoms with van der Waals surface area (Å²) in [5.41, 5.74) is 1.48. The summed E-state index contributed by atoms with van der Waals surface area (Å²) in [4.78, 5) is 3.03. The lowest BCUT2D eigenvalue weighted by molar-refractivity contribution is 0.468. The van der Waals surface area contributed by atoms with Crippen LogP contribution in [0.25, 0.3) is 0 Å². The second-order valence-corrected chi connectivity index (χ2v) is 6.50. The second kappa shape index (κ2) is 4.89. The minimum Gasteiger partial charge on any atom is -0.309 e. The van der Waals surface area contributed by atoms with Gasteiger partial charge in [0.15, 0.2) is 0 Å². The average molecular weight is 237 g/mol. The predicted octanol–water partition coefficient (Wildman–Crippen LogP) is 4.06. The molecular formula is C14H23NS. The smallest absolute Gasteiger partial charge is 0.0448 e. The maximum atomic E-state index is 3.74. The van der Waals surface area contributed by atoms with Crippen molar-refractivity contribution >= 4 is 11.3 Å². The van der Waals surface area contributed by atoms with Crippen molar-refractivity contribution < 1.29 is 0 Å². The van der Waals surface area contributed by atoms with Crippen molar-refractivity contribution in [2.24, 2.45) is 11.8 Å². The third-order valence-corrected chi connectivity index (χ3v) is 4.81. The molecule has 1 aromatic heterocycles. The fraction of sp³-hybridized carbons (Fsp3) is 0.714. The molecule has 1 aliphatic rings. The highest BCUT2D eigenvalue weighted by Gasteiger charge is 2.40. The van der Waals surface area contributed by atoms with E-state index in [0.717, 1.165) is 18.4 Å². The minimum atomic E-state index is 0.619. The molecule has 2 rings (SSSR count). The van der Waals surface area contributed by atoms with E-state index in [9.17, 15) is 0 Å². The van der Waals surface area contributed by atoms with Gasteiger partial charge in [-0.3, -0.25) is 0 Å². The quantitative estimate of drug-likeness (QED) is 0.814. The highest BCUT2D eigenvalue weighted by Crippen LogP contribution is 2.49. The fourth-order valence-corrected chi connectivity index (χ4v) is 3.71. The molecule has 0 saturated heterocycles. The Kier molecular flexibility index (Phi) is 3.70. The van der Waals surface area contributed by atoms with Crippen molar-refractivity contribution in [2.75, 3.05) is 6.54 Å². The molecular weight excluding hydrogens is 214 g/mol. The minimum absolute atomic E-state index is 0.619. The maximum Gasteiger partial charge on any atom is 0.0448 e. The zero-order valence-corrected chi connectivity index (χ0v) is 11.7. The highest BCUT2D eigenvalue weighted by atomic mass is 32.1. The lowest BCUT2D eigenvalue weighted by atomic mass is 10.1. The third-order valence-electron chi connectivity index (χ3n) is 3.58. The lowest BCUT2D eigenvalue weighted by Crippen LogP contribution is -2.24. The SMILES string of the molecule is CCCNC(c1sc(C)cc1C)C1CC1C. The molecule has 0 aliphatic heterocycles. The molecule has 0 amide bonds. The third kappa shape index (κ3) is 2.49. The van der Waals surface area contributed by atoms with Gasteiger partial charge >= 0.3 is 0 Å². The van der Waals surface area contributed by atoms with Gasteiger partial charge in [-0.2, -0.15) is 0 Å².